The SMILES string of the molecule is COC(=O)c1cnn2c(CO)cccc12. The van der Waals surface area contributed by atoms with Gasteiger partial charge in [-0.1, -0.05) is 6.07 Å². The molecule has 0 atom stereocenters. The van der Waals surface area contributed by atoms with Gasteiger partial charge in [-0.25, -0.2) is 9.31 Å². The second kappa shape index (κ2) is 3.70. The van der Waals surface area contributed by atoms with Crippen LogP contribution in [0, 0.1) is 0 Å². The van der Waals surface area contributed by atoms with E-state index >= 15 is 0 Å². The molecule has 0 saturated carbocycles. The van der Waals surface area contributed by atoms with Crippen LogP contribution in [0.25, 0.3) is 5.52 Å². The van der Waals surface area contributed by atoms with Crippen LogP contribution in [0.5, 0.6) is 0 Å². The third-order valence-corrected chi connectivity index (χ3v) is 2.19. The summed E-state index contributed by atoms with van der Waals surface area (Å²) in [6.07, 6.45) is 1.43. The van der Waals surface area contributed by atoms with Gasteiger partial charge in [0.1, 0.15) is 5.56 Å². The fourth-order valence-electron chi connectivity index (χ4n) is 1.45. The molecule has 5 nitrogen and oxygen atoms in total. The van der Waals surface area contributed by atoms with Crippen LogP contribution in [0.15, 0.2) is 24.4 Å². The molecule has 2 heterocycles. The van der Waals surface area contributed by atoms with Crippen LogP contribution in [0.2, 0.25) is 0 Å². The highest BCUT2D eigenvalue weighted by molar-refractivity contribution is 5.96. The quantitative estimate of drug-likeness (QED) is 0.731. The average Bonchev–Trinajstić information content (AvgIpc) is 2.71. The Balaban J connectivity index is 2.66. The van der Waals surface area contributed by atoms with Crippen molar-refractivity contribution in [1.82, 2.24) is 9.61 Å². The minimum Gasteiger partial charge on any atom is -0.465 e. The Morgan fingerprint density at radius 3 is 3.07 bits per heavy atom. The molecule has 0 fully saturated rings. The van der Waals surface area contributed by atoms with Gasteiger partial charge in [-0.15, -0.1) is 0 Å². The second-order valence-corrected chi connectivity index (χ2v) is 3.02. The zero-order valence-corrected chi connectivity index (χ0v) is 8.17. The van der Waals surface area contributed by atoms with Crippen LogP contribution in [0.3, 0.4) is 0 Å². The Morgan fingerprint density at radius 1 is 1.60 bits per heavy atom. The minimum atomic E-state index is -0.430. The number of carbonyl (C=O) groups is 1. The van der Waals surface area contributed by atoms with E-state index in [9.17, 15) is 4.79 Å². The van der Waals surface area contributed by atoms with Crippen molar-refractivity contribution in [1.29, 1.82) is 0 Å². The lowest BCUT2D eigenvalue weighted by atomic mass is 10.2. The maximum Gasteiger partial charge on any atom is 0.341 e. The van der Waals surface area contributed by atoms with Crippen molar-refractivity contribution in [3.05, 3.63) is 35.7 Å². The molecular weight excluding hydrogens is 196 g/mol. The molecular formula is C10H10N2O3. The summed E-state index contributed by atoms with van der Waals surface area (Å²) < 4.78 is 6.14. The highest BCUT2D eigenvalue weighted by atomic mass is 16.5. The van der Waals surface area contributed by atoms with Gasteiger partial charge in [0.2, 0.25) is 0 Å². The van der Waals surface area contributed by atoms with E-state index in [1.54, 1.807) is 18.2 Å². The number of esters is 1. The number of methoxy groups -OCH3 is 1. The molecule has 1 N–H and O–H groups in total. The van der Waals surface area contributed by atoms with Gasteiger partial charge in [0, 0.05) is 0 Å². The van der Waals surface area contributed by atoms with E-state index < -0.39 is 5.97 Å². The predicted octanol–water partition coefficient (Wildman–Crippen LogP) is 0.613. The number of ether oxygens (including phenoxy) is 1. The van der Waals surface area contributed by atoms with Gasteiger partial charge in [0.05, 0.1) is 31.1 Å². The predicted molar refractivity (Wildman–Crippen MR) is 52.5 cm³/mol. The molecule has 0 radical (unpaired) electrons. The molecule has 0 spiro atoms. The summed E-state index contributed by atoms with van der Waals surface area (Å²) in [5.41, 5.74) is 1.66. The Bertz CT molecular complexity index is 504. The Kier molecular flexibility index (Phi) is 2.39. The fraction of sp³-hybridized carbons (Fsp3) is 0.200. The first-order chi connectivity index (χ1) is 7.27. The van der Waals surface area contributed by atoms with E-state index in [2.05, 4.69) is 9.84 Å². The first-order valence-corrected chi connectivity index (χ1v) is 4.42. The molecule has 0 aliphatic carbocycles. The number of hydrogen-bond acceptors (Lipinski definition) is 4. The molecule has 0 aliphatic rings. The van der Waals surface area contributed by atoms with Crippen molar-refractivity contribution < 1.29 is 14.6 Å². The number of carbonyl (C=O) groups excluding carboxylic acids is 1. The van der Waals surface area contributed by atoms with Crippen molar-refractivity contribution in [3.8, 4) is 0 Å². The monoisotopic (exact) mass is 206 g/mol. The van der Waals surface area contributed by atoms with E-state index in [1.165, 1.54) is 17.8 Å². The topological polar surface area (TPSA) is 63.8 Å². The van der Waals surface area contributed by atoms with Crippen LogP contribution < -0.4 is 0 Å². The summed E-state index contributed by atoms with van der Waals surface area (Å²) in [4.78, 5) is 11.4. The molecule has 2 aromatic heterocycles. The van der Waals surface area contributed by atoms with E-state index in [-0.39, 0.29) is 6.61 Å². The molecule has 0 saturated heterocycles. The highest BCUT2D eigenvalue weighted by Crippen LogP contribution is 2.13. The maximum absolute atomic E-state index is 11.4. The number of rotatable bonds is 2. The van der Waals surface area contributed by atoms with E-state index in [1.807, 2.05) is 0 Å². The minimum absolute atomic E-state index is 0.125. The molecule has 0 amide bonds. The Hall–Kier alpha value is -1.88. The molecule has 0 aromatic carbocycles. The number of fused-ring (bicyclic) bond motifs is 1. The smallest absolute Gasteiger partial charge is 0.341 e. The van der Waals surface area contributed by atoms with E-state index in [0.29, 0.717) is 16.8 Å². The van der Waals surface area contributed by atoms with Gasteiger partial charge in [-0.05, 0) is 12.1 Å². The van der Waals surface area contributed by atoms with Gasteiger partial charge in [-0.2, -0.15) is 5.10 Å². The lowest BCUT2D eigenvalue weighted by Crippen LogP contribution is -2.02. The molecule has 0 aliphatic heterocycles. The lowest BCUT2D eigenvalue weighted by Gasteiger charge is -2.01. The van der Waals surface area contributed by atoms with Crippen LogP contribution >= 0.6 is 0 Å². The van der Waals surface area contributed by atoms with Crippen molar-refractivity contribution in [2.75, 3.05) is 7.11 Å². The zero-order valence-electron chi connectivity index (χ0n) is 8.17. The number of aliphatic hydroxyl groups is 1. The summed E-state index contributed by atoms with van der Waals surface area (Å²) in [7, 11) is 1.32. The third kappa shape index (κ3) is 1.46. The molecule has 2 aromatic rings. The second-order valence-electron chi connectivity index (χ2n) is 3.02. The zero-order chi connectivity index (χ0) is 10.8. The van der Waals surface area contributed by atoms with Crippen LogP contribution in [0.1, 0.15) is 16.1 Å². The Morgan fingerprint density at radius 2 is 2.40 bits per heavy atom. The van der Waals surface area contributed by atoms with Gasteiger partial charge in [0.15, 0.2) is 0 Å². The van der Waals surface area contributed by atoms with Gasteiger partial charge < -0.3 is 9.84 Å². The van der Waals surface area contributed by atoms with Crippen molar-refractivity contribution in [2.45, 2.75) is 6.61 Å². The van der Waals surface area contributed by atoms with E-state index in [0.717, 1.165) is 0 Å². The van der Waals surface area contributed by atoms with Crippen molar-refractivity contribution >= 4 is 11.5 Å². The third-order valence-electron chi connectivity index (χ3n) is 2.19. The molecule has 2 rings (SSSR count). The first-order valence-electron chi connectivity index (χ1n) is 4.42. The maximum atomic E-state index is 11.4. The first kappa shape index (κ1) is 9.67. The van der Waals surface area contributed by atoms with Crippen LogP contribution in [-0.4, -0.2) is 27.8 Å². The fourth-order valence-corrected chi connectivity index (χ4v) is 1.45. The summed E-state index contributed by atoms with van der Waals surface area (Å²) in [6, 6.07) is 5.24. The highest BCUT2D eigenvalue weighted by Gasteiger charge is 2.13. The van der Waals surface area contributed by atoms with Gasteiger partial charge >= 0.3 is 5.97 Å². The largest absolute Gasteiger partial charge is 0.465 e. The molecule has 5 heteroatoms. The molecule has 0 bridgehead atoms. The summed E-state index contributed by atoms with van der Waals surface area (Å²) >= 11 is 0. The molecule has 15 heavy (non-hydrogen) atoms. The summed E-state index contributed by atoms with van der Waals surface area (Å²) in [6.45, 7) is -0.125. The standard InChI is InChI=1S/C10H10N2O3/c1-15-10(14)8-5-11-12-7(6-13)3-2-4-9(8)12/h2-5,13H,6H2,1H3. The number of nitrogens with zero attached hydrogens (tertiary/aromatic N) is 2. The van der Waals surface area contributed by atoms with Crippen molar-refractivity contribution in [3.63, 3.8) is 0 Å². The number of hydrogen-bond donors (Lipinski definition) is 1. The Labute approximate surface area is 85.9 Å². The summed E-state index contributed by atoms with van der Waals surface area (Å²) in [5, 5.41) is 13.1. The van der Waals surface area contributed by atoms with E-state index in [4.69, 9.17) is 5.11 Å². The number of aromatic nitrogens is 2. The number of aliphatic hydroxyl groups excluding tert-OH is 1. The number of pyridine rings is 1. The van der Waals surface area contributed by atoms with Crippen molar-refractivity contribution in [2.24, 2.45) is 0 Å². The lowest BCUT2D eigenvalue weighted by molar-refractivity contribution is 0.0603. The molecule has 0 unspecified atom stereocenters. The molecule has 78 valence electrons. The van der Waals surface area contributed by atoms with Crippen LogP contribution in [0.4, 0.5) is 0 Å². The normalized spacial score (nSPS) is 10.5. The van der Waals surface area contributed by atoms with Gasteiger partial charge in [-0.3, -0.25) is 0 Å². The van der Waals surface area contributed by atoms with Crippen LogP contribution in [-0.2, 0) is 11.3 Å². The summed E-state index contributed by atoms with van der Waals surface area (Å²) in [5.74, 6) is -0.430. The van der Waals surface area contributed by atoms with Gasteiger partial charge in [0.25, 0.3) is 0 Å². The average molecular weight is 206 g/mol.